The zero-order valence-electron chi connectivity index (χ0n) is 16.5. The first-order valence-electron chi connectivity index (χ1n) is 9.54. The van der Waals surface area contributed by atoms with Crippen LogP contribution in [0.2, 0.25) is 0 Å². The van der Waals surface area contributed by atoms with Crippen LogP contribution < -0.4 is 5.32 Å². The maximum atomic E-state index is 14.6. The van der Waals surface area contributed by atoms with Gasteiger partial charge in [0.25, 0.3) is 5.91 Å². The summed E-state index contributed by atoms with van der Waals surface area (Å²) >= 11 is 0. The minimum atomic E-state index is -1.08. The van der Waals surface area contributed by atoms with Crippen LogP contribution in [0, 0.1) is 5.82 Å². The molecule has 1 aromatic heterocycles. The molecule has 1 amide bonds. The molecule has 0 saturated carbocycles. The molecule has 0 bridgehead atoms. The van der Waals surface area contributed by atoms with Gasteiger partial charge in [-0.3, -0.25) is 9.59 Å². The van der Waals surface area contributed by atoms with Crippen molar-refractivity contribution in [2.24, 2.45) is 0 Å². The second kappa shape index (κ2) is 8.81. The number of amides is 1. The lowest BCUT2D eigenvalue weighted by Crippen LogP contribution is -2.13. The van der Waals surface area contributed by atoms with E-state index in [1.54, 1.807) is 48.5 Å². The van der Waals surface area contributed by atoms with Gasteiger partial charge in [0.1, 0.15) is 11.3 Å². The minimum Gasteiger partial charge on any atom is -0.481 e. The third-order valence-electron chi connectivity index (χ3n) is 4.58. The molecular weight excluding hydrogens is 418 g/mol. The van der Waals surface area contributed by atoms with Crippen molar-refractivity contribution in [1.29, 1.82) is 0 Å². The highest BCUT2D eigenvalue weighted by molar-refractivity contribution is 6.05. The number of halogens is 2. The summed E-state index contributed by atoms with van der Waals surface area (Å²) in [6, 6.07) is 17.1. The third kappa shape index (κ3) is 4.70. The Bertz CT molecular complexity index is 1350. The van der Waals surface area contributed by atoms with E-state index in [4.69, 9.17) is 9.52 Å². The maximum Gasteiger partial charge on any atom is 0.307 e. The zero-order valence-corrected chi connectivity index (χ0v) is 16.5. The van der Waals surface area contributed by atoms with Crippen LogP contribution in [0.25, 0.3) is 28.6 Å². The highest BCUT2D eigenvalue weighted by Crippen LogP contribution is 2.28. The SMILES string of the molecule is O=C(O)Cc1ccc2oc(-c3ccc(NC(=O)C(F)=Cc4ccccc4)c(F)c3)nc2c1. The molecule has 4 aromatic rings. The number of carbonyl (C=O) groups is 2. The van der Waals surface area contributed by atoms with Gasteiger partial charge in [0, 0.05) is 5.56 Å². The van der Waals surface area contributed by atoms with Crippen molar-refractivity contribution in [2.75, 3.05) is 5.32 Å². The number of hydrogen-bond donors (Lipinski definition) is 2. The molecule has 0 fully saturated rings. The molecular formula is C24H16F2N2O4. The summed E-state index contributed by atoms with van der Waals surface area (Å²) in [5.74, 6) is -3.77. The van der Waals surface area contributed by atoms with Gasteiger partial charge in [-0.1, -0.05) is 36.4 Å². The summed E-state index contributed by atoms with van der Waals surface area (Å²) < 4.78 is 34.3. The van der Waals surface area contributed by atoms with Crippen molar-refractivity contribution < 1.29 is 27.9 Å². The van der Waals surface area contributed by atoms with Gasteiger partial charge in [-0.25, -0.2) is 13.8 Å². The molecule has 0 unspecified atom stereocenters. The largest absolute Gasteiger partial charge is 0.481 e. The molecule has 0 radical (unpaired) electrons. The number of rotatable bonds is 6. The van der Waals surface area contributed by atoms with Crippen molar-refractivity contribution in [3.8, 4) is 11.5 Å². The van der Waals surface area contributed by atoms with Gasteiger partial charge in [-0.15, -0.1) is 0 Å². The Morgan fingerprint density at radius 2 is 1.84 bits per heavy atom. The number of anilines is 1. The van der Waals surface area contributed by atoms with Crippen molar-refractivity contribution in [3.63, 3.8) is 0 Å². The van der Waals surface area contributed by atoms with Crippen LogP contribution in [-0.2, 0) is 16.0 Å². The Labute approximate surface area is 180 Å². The normalized spacial score (nSPS) is 11.5. The van der Waals surface area contributed by atoms with Gasteiger partial charge in [0.15, 0.2) is 11.4 Å². The lowest BCUT2D eigenvalue weighted by Gasteiger charge is -2.06. The van der Waals surface area contributed by atoms with Crippen LogP contribution in [0.4, 0.5) is 14.5 Å². The summed E-state index contributed by atoms with van der Waals surface area (Å²) in [6.07, 6.45) is 0.898. The van der Waals surface area contributed by atoms with E-state index < -0.39 is 23.5 Å². The predicted octanol–water partition coefficient (Wildman–Crippen LogP) is 5.21. The second-order valence-corrected chi connectivity index (χ2v) is 6.94. The van der Waals surface area contributed by atoms with Crippen molar-refractivity contribution in [3.05, 3.63) is 89.5 Å². The molecule has 0 aliphatic carbocycles. The molecule has 4 rings (SSSR count). The fourth-order valence-electron chi connectivity index (χ4n) is 3.07. The number of nitrogens with one attached hydrogen (secondary N) is 1. The standard InChI is InChI=1S/C24H16F2N2O4/c25-17-13-16(24-28-20-11-15(12-22(29)30)6-9-21(20)32-24)7-8-19(17)27-23(31)18(26)10-14-4-2-1-3-5-14/h1-11,13H,12H2,(H,27,31)(H,29,30). The Morgan fingerprint density at radius 1 is 1.06 bits per heavy atom. The monoisotopic (exact) mass is 434 g/mol. The summed E-state index contributed by atoms with van der Waals surface area (Å²) in [5.41, 5.74) is 2.01. The van der Waals surface area contributed by atoms with E-state index in [1.807, 2.05) is 0 Å². The Balaban J connectivity index is 1.53. The van der Waals surface area contributed by atoms with Gasteiger partial charge < -0.3 is 14.8 Å². The first-order chi connectivity index (χ1) is 15.4. The number of aliphatic carboxylic acids is 1. The lowest BCUT2D eigenvalue weighted by molar-refractivity contribution is -0.136. The molecule has 0 spiro atoms. The topological polar surface area (TPSA) is 92.4 Å². The molecule has 8 heteroatoms. The number of nitrogens with zero attached hydrogens (tertiary/aromatic N) is 1. The van der Waals surface area contributed by atoms with Gasteiger partial charge >= 0.3 is 5.97 Å². The van der Waals surface area contributed by atoms with Crippen LogP contribution in [0.3, 0.4) is 0 Å². The highest BCUT2D eigenvalue weighted by Gasteiger charge is 2.15. The van der Waals surface area contributed by atoms with E-state index in [9.17, 15) is 18.4 Å². The molecule has 1 heterocycles. The molecule has 0 atom stereocenters. The first-order valence-corrected chi connectivity index (χ1v) is 9.54. The van der Waals surface area contributed by atoms with Crippen LogP contribution in [0.1, 0.15) is 11.1 Å². The lowest BCUT2D eigenvalue weighted by atomic mass is 10.1. The zero-order chi connectivity index (χ0) is 22.7. The number of carboxylic acid groups (broad SMARTS) is 1. The highest BCUT2D eigenvalue weighted by atomic mass is 19.1. The molecule has 2 N–H and O–H groups in total. The van der Waals surface area contributed by atoms with E-state index in [1.165, 1.54) is 12.1 Å². The maximum absolute atomic E-state index is 14.6. The van der Waals surface area contributed by atoms with E-state index >= 15 is 0 Å². The quantitative estimate of drug-likeness (QED) is 0.407. The second-order valence-electron chi connectivity index (χ2n) is 6.94. The predicted molar refractivity (Wildman–Crippen MR) is 115 cm³/mol. The Morgan fingerprint density at radius 3 is 2.56 bits per heavy atom. The summed E-state index contributed by atoms with van der Waals surface area (Å²) in [7, 11) is 0. The molecule has 0 aliphatic heterocycles. The van der Waals surface area contributed by atoms with E-state index in [2.05, 4.69) is 10.3 Å². The average Bonchev–Trinajstić information content (AvgIpc) is 3.18. The van der Waals surface area contributed by atoms with Gasteiger partial charge in [-0.05, 0) is 47.5 Å². The molecule has 0 saturated heterocycles. The van der Waals surface area contributed by atoms with Gasteiger partial charge in [0.05, 0.1) is 12.1 Å². The summed E-state index contributed by atoms with van der Waals surface area (Å²) in [6.45, 7) is 0. The molecule has 3 aromatic carbocycles. The van der Waals surface area contributed by atoms with Crippen LogP contribution in [-0.4, -0.2) is 22.0 Å². The van der Waals surface area contributed by atoms with Gasteiger partial charge in [-0.2, -0.15) is 0 Å². The summed E-state index contributed by atoms with van der Waals surface area (Å²) in [4.78, 5) is 27.2. The number of benzene rings is 3. The fourth-order valence-corrected chi connectivity index (χ4v) is 3.07. The van der Waals surface area contributed by atoms with E-state index in [-0.39, 0.29) is 18.0 Å². The minimum absolute atomic E-state index is 0.124. The summed E-state index contributed by atoms with van der Waals surface area (Å²) in [5, 5.41) is 11.1. The third-order valence-corrected chi connectivity index (χ3v) is 4.58. The molecule has 0 aliphatic rings. The van der Waals surface area contributed by atoms with Crippen molar-refractivity contribution >= 4 is 34.7 Å². The first kappa shape index (κ1) is 20.9. The van der Waals surface area contributed by atoms with Crippen LogP contribution in [0.15, 0.2) is 77.0 Å². The molecule has 160 valence electrons. The Kier molecular flexibility index (Phi) is 5.76. The molecule has 32 heavy (non-hydrogen) atoms. The van der Waals surface area contributed by atoms with E-state index in [0.717, 1.165) is 12.1 Å². The van der Waals surface area contributed by atoms with Gasteiger partial charge in [0.2, 0.25) is 5.89 Å². The number of oxazole rings is 1. The Hall–Kier alpha value is -4.33. The number of carbonyl (C=O) groups excluding carboxylic acids is 1. The number of carboxylic acids is 1. The average molecular weight is 434 g/mol. The number of fused-ring (bicyclic) bond motifs is 1. The van der Waals surface area contributed by atoms with Crippen LogP contribution in [0.5, 0.6) is 0 Å². The van der Waals surface area contributed by atoms with E-state index in [0.29, 0.717) is 27.8 Å². The molecule has 6 nitrogen and oxygen atoms in total. The smallest absolute Gasteiger partial charge is 0.307 e. The fraction of sp³-hybridized carbons (Fsp3) is 0.0417. The number of aromatic nitrogens is 1. The number of hydrogen-bond acceptors (Lipinski definition) is 4. The van der Waals surface area contributed by atoms with Crippen molar-refractivity contribution in [1.82, 2.24) is 4.98 Å². The van der Waals surface area contributed by atoms with Crippen LogP contribution >= 0.6 is 0 Å². The van der Waals surface area contributed by atoms with Crippen molar-refractivity contribution in [2.45, 2.75) is 6.42 Å².